The molecule has 0 saturated heterocycles. The number of rotatable bonds is 10. The highest BCUT2D eigenvalue weighted by Crippen LogP contribution is 2.31. The van der Waals surface area contributed by atoms with Crippen LogP contribution in [0.15, 0.2) is 18.2 Å². The average Bonchev–Trinajstić information content (AvgIpc) is 3.39. The highest BCUT2D eigenvalue weighted by Gasteiger charge is 2.30. The van der Waals surface area contributed by atoms with E-state index in [0.717, 1.165) is 23.6 Å². The Bertz CT molecular complexity index is 536. The van der Waals surface area contributed by atoms with E-state index in [-0.39, 0.29) is 13.2 Å². The molecule has 0 spiro atoms. The second kappa shape index (κ2) is 8.78. The van der Waals surface area contributed by atoms with Crippen molar-refractivity contribution < 1.29 is 19.3 Å². The van der Waals surface area contributed by atoms with E-state index in [9.17, 15) is 5.11 Å². The third-order valence-corrected chi connectivity index (χ3v) is 3.84. The molecule has 1 aliphatic carbocycles. The number of ether oxygens (including phenoxy) is 3. The molecule has 5 nitrogen and oxygen atoms in total. The Morgan fingerprint density at radius 1 is 1.30 bits per heavy atom. The molecular formula is C18H25NO4. The molecule has 0 aliphatic heterocycles. The molecule has 1 aliphatic rings. The number of hydrogen-bond acceptors (Lipinski definition) is 5. The number of aliphatic hydroxyl groups excluding tert-OH is 1. The van der Waals surface area contributed by atoms with E-state index in [4.69, 9.17) is 20.6 Å². The summed E-state index contributed by atoms with van der Waals surface area (Å²) in [6.45, 7) is 1.83. The van der Waals surface area contributed by atoms with Gasteiger partial charge < -0.3 is 19.3 Å². The normalized spacial score (nSPS) is 15.3. The van der Waals surface area contributed by atoms with Crippen molar-refractivity contribution in [3.8, 4) is 23.8 Å². The molecule has 0 amide bonds. The molecule has 126 valence electrons. The van der Waals surface area contributed by atoms with Gasteiger partial charge in [0.25, 0.3) is 0 Å². The summed E-state index contributed by atoms with van der Waals surface area (Å²) in [6.07, 6.45) is 6.94. The Morgan fingerprint density at radius 3 is 2.65 bits per heavy atom. The molecule has 23 heavy (non-hydrogen) atoms. The molecular weight excluding hydrogens is 294 g/mol. The summed E-state index contributed by atoms with van der Waals surface area (Å²) in [4.78, 5) is 2.28. The molecule has 1 aromatic rings. The van der Waals surface area contributed by atoms with Crippen LogP contribution in [0.5, 0.6) is 11.5 Å². The minimum atomic E-state index is -0.538. The van der Waals surface area contributed by atoms with Crippen molar-refractivity contribution in [1.82, 2.24) is 4.90 Å². The molecule has 1 saturated carbocycles. The van der Waals surface area contributed by atoms with Crippen molar-refractivity contribution >= 4 is 0 Å². The molecule has 0 unspecified atom stereocenters. The van der Waals surface area contributed by atoms with Crippen LogP contribution in [0, 0.1) is 12.3 Å². The Kier molecular flexibility index (Phi) is 6.72. The van der Waals surface area contributed by atoms with Gasteiger partial charge in [-0.25, -0.2) is 0 Å². The minimum Gasteiger partial charge on any atom is -0.493 e. The lowest BCUT2D eigenvalue weighted by Crippen LogP contribution is -2.36. The lowest BCUT2D eigenvalue weighted by atomic mass is 10.1. The van der Waals surface area contributed by atoms with E-state index < -0.39 is 6.10 Å². The first-order valence-corrected chi connectivity index (χ1v) is 7.82. The first-order chi connectivity index (χ1) is 11.2. The highest BCUT2D eigenvalue weighted by atomic mass is 16.5. The van der Waals surface area contributed by atoms with Crippen molar-refractivity contribution in [2.24, 2.45) is 0 Å². The summed E-state index contributed by atoms with van der Waals surface area (Å²) in [6, 6.07) is 6.45. The van der Waals surface area contributed by atoms with Crippen LogP contribution in [0.4, 0.5) is 0 Å². The van der Waals surface area contributed by atoms with Gasteiger partial charge in [-0.1, -0.05) is 12.0 Å². The molecule has 0 radical (unpaired) electrons. The molecule has 1 atom stereocenters. The summed E-state index contributed by atoms with van der Waals surface area (Å²) >= 11 is 0. The fourth-order valence-electron chi connectivity index (χ4n) is 2.57. The quantitative estimate of drug-likeness (QED) is 0.525. The van der Waals surface area contributed by atoms with E-state index in [1.807, 2.05) is 18.2 Å². The van der Waals surface area contributed by atoms with E-state index in [0.29, 0.717) is 12.6 Å². The lowest BCUT2D eigenvalue weighted by Gasteiger charge is -2.25. The predicted molar refractivity (Wildman–Crippen MR) is 88.6 cm³/mol. The van der Waals surface area contributed by atoms with Gasteiger partial charge in [0.05, 0.1) is 26.9 Å². The van der Waals surface area contributed by atoms with E-state index in [1.165, 1.54) is 12.8 Å². The first-order valence-electron chi connectivity index (χ1n) is 7.82. The van der Waals surface area contributed by atoms with Crippen molar-refractivity contribution in [2.75, 3.05) is 34.0 Å². The number of methoxy groups -OCH3 is 2. The van der Waals surface area contributed by atoms with Crippen molar-refractivity contribution in [3.05, 3.63) is 23.8 Å². The zero-order chi connectivity index (χ0) is 16.7. The summed E-state index contributed by atoms with van der Waals surface area (Å²) < 4.78 is 15.8. The van der Waals surface area contributed by atoms with Crippen LogP contribution in [0.2, 0.25) is 0 Å². The largest absolute Gasteiger partial charge is 0.493 e. The molecule has 1 aromatic carbocycles. The van der Waals surface area contributed by atoms with Crippen LogP contribution in [-0.4, -0.2) is 56.1 Å². The Labute approximate surface area is 138 Å². The maximum atomic E-state index is 10.1. The molecule has 5 heteroatoms. The van der Waals surface area contributed by atoms with Crippen molar-refractivity contribution in [1.29, 1.82) is 0 Å². The van der Waals surface area contributed by atoms with Gasteiger partial charge in [-0.05, 0) is 30.5 Å². The number of nitrogens with zero attached hydrogens (tertiary/aromatic N) is 1. The summed E-state index contributed by atoms with van der Waals surface area (Å²) in [7, 11) is 3.26. The molecule has 1 N–H and O–H groups in total. The van der Waals surface area contributed by atoms with Crippen LogP contribution >= 0.6 is 0 Å². The van der Waals surface area contributed by atoms with Gasteiger partial charge >= 0.3 is 0 Å². The standard InChI is InChI=1S/C18H25NO4/c1-4-9-23-13-16(20)12-19(15-6-7-15)11-14-5-8-17(21-2)18(10-14)22-3/h1,5,8,10,15-16,20H,6-7,9,11-13H2,2-3H3/t16-/m0/s1. The number of benzene rings is 1. The van der Waals surface area contributed by atoms with E-state index in [1.54, 1.807) is 14.2 Å². The Balaban J connectivity index is 1.95. The molecule has 0 bridgehead atoms. The molecule has 0 aromatic heterocycles. The summed E-state index contributed by atoms with van der Waals surface area (Å²) in [5.74, 6) is 3.84. The number of terminal acetylenes is 1. The lowest BCUT2D eigenvalue weighted by molar-refractivity contribution is 0.0242. The maximum absolute atomic E-state index is 10.1. The van der Waals surface area contributed by atoms with Gasteiger partial charge in [0.2, 0.25) is 0 Å². The third-order valence-electron chi connectivity index (χ3n) is 3.84. The molecule has 0 heterocycles. The van der Waals surface area contributed by atoms with Gasteiger partial charge in [-0.2, -0.15) is 0 Å². The van der Waals surface area contributed by atoms with Crippen LogP contribution in [-0.2, 0) is 11.3 Å². The van der Waals surface area contributed by atoms with Crippen LogP contribution in [0.3, 0.4) is 0 Å². The molecule has 2 rings (SSSR count). The number of hydrogen-bond donors (Lipinski definition) is 1. The fourth-order valence-corrected chi connectivity index (χ4v) is 2.57. The zero-order valence-corrected chi connectivity index (χ0v) is 13.8. The predicted octanol–water partition coefficient (Wildman–Crippen LogP) is 1.68. The van der Waals surface area contributed by atoms with E-state index in [2.05, 4.69) is 10.8 Å². The van der Waals surface area contributed by atoms with Crippen LogP contribution in [0.1, 0.15) is 18.4 Å². The van der Waals surface area contributed by atoms with E-state index >= 15 is 0 Å². The smallest absolute Gasteiger partial charge is 0.161 e. The SMILES string of the molecule is C#CCOC[C@@H](O)CN(Cc1ccc(OC)c(OC)c1)C1CC1. The average molecular weight is 319 g/mol. The Morgan fingerprint density at radius 2 is 2.04 bits per heavy atom. The fraction of sp³-hybridized carbons (Fsp3) is 0.556. The Hall–Kier alpha value is -1.74. The van der Waals surface area contributed by atoms with Gasteiger partial charge in [0.15, 0.2) is 11.5 Å². The second-order valence-electron chi connectivity index (χ2n) is 5.72. The monoisotopic (exact) mass is 319 g/mol. The van der Waals surface area contributed by atoms with Gasteiger partial charge in [0, 0.05) is 19.1 Å². The number of aliphatic hydroxyl groups is 1. The molecule has 1 fully saturated rings. The summed E-state index contributed by atoms with van der Waals surface area (Å²) in [5.41, 5.74) is 1.13. The highest BCUT2D eigenvalue weighted by molar-refractivity contribution is 5.42. The van der Waals surface area contributed by atoms with Gasteiger partial charge in [0.1, 0.15) is 6.61 Å². The maximum Gasteiger partial charge on any atom is 0.161 e. The topological polar surface area (TPSA) is 51.2 Å². The van der Waals surface area contributed by atoms with Crippen molar-refractivity contribution in [2.45, 2.75) is 31.5 Å². The van der Waals surface area contributed by atoms with Crippen LogP contribution in [0.25, 0.3) is 0 Å². The van der Waals surface area contributed by atoms with Crippen LogP contribution < -0.4 is 9.47 Å². The third kappa shape index (κ3) is 5.43. The van der Waals surface area contributed by atoms with Crippen molar-refractivity contribution in [3.63, 3.8) is 0 Å². The van der Waals surface area contributed by atoms with Gasteiger partial charge in [-0.15, -0.1) is 6.42 Å². The first kappa shape index (κ1) is 17.6. The summed E-state index contributed by atoms with van der Waals surface area (Å²) in [5, 5.41) is 10.1. The minimum absolute atomic E-state index is 0.232. The second-order valence-corrected chi connectivity index (χ2v) is 5.72. The van der Waals surface area contributed by atoms with Gasteiger partial charge in [-0.3, -0.25) is 4.90 Å². The zero-order valence-electron chi connectivity index (χ0n) is 13.8.